The predicted octanol–water partition coefficient (Wildman–Crippen LogP) is 3.57. The molecule has 0 heterocycles. The molecule has 1 fully saturated rings. The van der Waals surface area contributed by atoms with Crippen LogP contribution < -0.4 is 25.4 Å². The SMILES string of the molecule is CCNC(=NCc1cccc(NC(=O)C2CCC2)c1)NCCOc1ccc(OC)cc1. The molecular formula is C24H32N4O3. The van der Waals surface area contributed by atoms with Crippen LogP contribution in [-0.4, -0.2) is 38.7 Å². The number of guanidine groups is 1. The van der Waals surface area contributed by atoms with E-state index in [9.17, 15) is 4.79 Å². The number of benzene rings is 2. The highest BCUT2D eigenvalue weighted by molar-refractivity contribution is 5.93. The molecule has 0 bridgehead atoms. The molecule has 1 amide bonds. The van der Waals surface area contributed by atoms with Gasteiger partial charge in [0, 0.05) is 18.2 Å². The van der Waals surface area contributed by atoms with Gasteiger partial charge in [-0.15, -0.1) is 0 Å². The van der Waals surface area contributed by atoms with Crippen molar-refractivity contribution in [3.63, 3.8) is 0 Å². The molecule has 166 valence electrons. The molecule has 7 nitrogen and oxygen atoms in total. The fraction of sp³-hybridized carbons (Fsp3) is 0.417. The lowest BCUT2D eigenvalue weighted by molar-refractivity contribution is -0.122. The molecule has 1 aliphatic rings. The molecule has 0 aromatic heterocycles. The third-order valence-electron chi connectivity index (χ3n) is 5.16. The fourth-order valence-corrected chi connectivity index (χ4v) is 3.18. The van der Waals surface area contributed by atoms with E-state index >= 15 is 0 Å². The Hall–Kier alpha value is -3.22. The van der Waals surface area contributed by atoms with Crippen molar-refractivity contribution in [2.75, 3.05) is 32.1 Å². The summed E-state index contributed by atoms with van der Waals surface area (Å²) >= 11 is 0. The van der Waals surface area contributed by atoms with Crippen LogP contribution in [0.3, 0.4) is 0 Å². The highest BCUT2D eigenvalue weighted by atomic mass is 16.5. The molecule has 2 aromatic carbocycles. The van der Waals surface area contributed by atoms with E-state index in [2.05, 4.69) is 20.9 Å². The molecule has 3 rings (SSSR count). The van der Waals surface area contributed by atoms with Crippen LogP contribution in [0.5, 0.6) is 11.5 Å². The van der Waals surface area contributed by atoms with Crippen LogP contribution >= 0.6 is 0 Å². The fourth-order valence-electron chi connectivity index (χ4n) is 3.18. The first-order valence-corrected chi connectivity index (χ1v) is 10.9. The topological polar surface area (TPSA) is 84.0 Å². The molecule has 0 spiro atoms. The second kappa shape index (κ2) is 11.8. The number of ether oxygens (including phenoxy) is 2. The molecule has 0 unspecified atom stereocenters. The number of hydrogen-bond donors (Lipinski definition) is 3. The minimum Gasteiger partial charge on any atom is -0.497 e. The summed E-state index contributed by atoms with van der Waals surface area (Å²) in [4.78, 5) is 16.8. The van der Waals surface area contributed by atoms with Crippen LogP contribution in [0.25, 0.3) is 0 Å². The van der Waals surface area contributed by atoms with Gasteiger partial charge >= 0.3 is 0 Å². The maximum Gasteiger partial charge on any atom is 0.227 e. The van der Waals surface area contributed by atoms with Crippen LogP contribution in [0.4, 0.5) is 5.69 Å². The van der Waals surface area contributed by atoms with E-state index in [4.69, 9.17) is 9.47 Å². The van der Waals surface area contributed by atoms with Gasteiger partial charge in [-0.05, 0) is 61.7 Å². The largest absolute Gasteiger partial charge is 0.497 e. The van der Waals surface area contributed by atoms with Gasteiger partial charge in [0.25, 0.3) is 0 Å². The average molecular weight is 425 g/mol. The molecule has 0 radical (unpaired) electrons. The minimum absolute atomic E-state index is 0.124. The van der Waals surface area contributed by atoms with Crippen molar-refractivity contribution in [2.24, 2.45) is 10.9 Å². The van der Waals surface area contributed by atoms with E-state index in [-0.39, 0.29) is 11.8 Å². The zero-order valence-electron chi connectivity index (χ0n) is 18.3. The van der Waals surface area contributed by atoms with Crippen LogP contribution in [0.1, 0.15) is 31.7 Å². The first-order chi connectivity index (χ1) is 15.2. The molecule has 0 saturated heterocycles. The van der Waals surface area contributed by atoms with Crippen molar-refractivity contribution in [2.45, 2.75) is 32.7 Å². The lowest BCUT2D eigenvalue weighted by Gasteiger charge is -2.24. The van der Waals surface area contributed by atoms with E-state index < -0.39 is 0 Å². The van der Waals surface area contributed by atoms with Crippen molar-refractivity contribution in [3.8, 4) is 11.5 Å². The summed E-state index contributed by atoms with van der Waals surface area (Å²) in [5.74, 6) is 2.62. The number of carbonyl (C=O) groups excluding carboxylic acids is 1. The second-order valence-corrected chi connectivity index (χ2v) is 7.46. The van der Waals surface area contributed by atoms with Gasteiger partial charge in [0.05, 0.1) is 20.2 Å². The summed E-state index contributed by atoms with van der Waals surface area (Å²) in [5.41, 5.74) is 1.87. The molecule has 1 aliphatic carbocycles. The summed E-state index contributed by atoms with van der Waals surface area (Å²) < 4.78 is 10.9. The number of amides is 1. The summed E-state index contributed by atoms with van der Waals surface area (Å²) in [5, 5.41) is 9.54. The first kappa shape index (κ1) is 22.5. The maximum absolute atomic E-state index is 12.2. The minimum atomic E-state index is 0.124. The van der Waals surface area contributed by atoms with Gasteiger partial charge in [0.1, 0.15) is 18.1 Å². The summed E-state index contributed by atoms with van der Waals surface area (Å²) in [6.45, 7) is 4.45. The second-order valence-electron chi connectivity index (χ2n) is 7.46. The van der Waals surface area contributed by atoms with E-state index in [1.807, 2.05) is 55.5 Å². The van der Waals surface area contributed by atoms with Crippen LogP contribution in [0.15, 0.2) is 53.5 Å². The number of hydrogen-bond acceptors (Lipinski definition) is 4. The number of carbonyl (C=O) groups is 1. The quantitative estimate of drug-likeness (QED) is 0.309. The molecule has 3 N–H and O–H groups in total. The molecule has 1 saturated carbocycles. The third-order valence-corrected chi connectivity index (χ3v) is 5.16. The van der Waals surface area contributed by atoms with Crippen molar-refractivity contribution in [3.05, 3.63) is 54.1 Å². The monoisotopic (exact) mass is 424 g/mol. The maximum atomic E-state index is 12.2. The van der Waals surface area contributed by atoms with Crippen molar-refractivity contribution in [1.29, 1.82) is 0 Å². The Labute approximate surface area is 184 Å². The Kier molecular flexibility index (Phi) is 8.58. The molecule has 0 aliphatic heterocycles. The van der Waals surface area contributed by atoms with E-state index in [1.165, 1.54) is 0 Å². The number of nitrogens with zero attached hydrogens (tertiary/aromatic N) is 1. The summed E-state index contributed by atoms with van der Waals surface area (Å²) in [6.07, 6.45) is 3.14. The predicted molar refractivity (Wildman–Crippen MR) is 124 cm³/mol. The lowest BCUT2D eigenvalue weighted by Crippen LogP contribution is -2.39. The first-order valence-electron chi connectivity index (χ1n) is 10.9. The zero-order valence-corrected chi connectivity index (χ0v) is 18.3. The Morgan fingerprint density at radius 2 is 1.87 bits per heavy atom. The Bertz CT molecular complexity index is 863. The number of methoxy groups -OCH3 is 1. The number of nitrogens with one attached hydrogen (secondary N) is 3. The molecule has 0 atom stereocenters. The smallest absolute Gasteiger partial charge is 0.227 e. The molecular weight excluding hydrogens is 392 g/mol. The molecule has 31 heavy (non-hydrogen) atoms. The summed E-state index contributed by atoms with van der Waals surface area (Å²) in [6, 6.07) is 15.4. The van der Waals surface area contributed by atoms with Gasteiger partial charge in [-0.3, -0.25) is 4.79 Å². The van der Waals surface area contributed by atoms with Gasteiger partial charge in [-0.2, -0.15) is 0 Å². The Balaban J connectivity index is 1.47. The van der Waals surface area contributed by atoms with E-state index in [0.29, 0.717) is 19.7 Å². The highest BCUT2D eigenvalue weighted by Crippen LogP contribution is 2.27. The highest BCUT2D eigenvalue weighted by Gasteiger charge is 2.25. The van der Waals surface area contributed by atoms with E-state index in [0.717, 1.165) is 54.5 Å². The standard InChI is InChI=1S/C24H32N4O3/c1-3-25-24(26-14-15-31-22-12-10-21(30-2)11-13-22)27-17-18-6-4-9-20(16-18)28-23(29)19-7-5-8-19/h4,6,9-13,16,19H,3,5,7-8,14-15,17H2,1-2H3,(H,28,29)(H2,25,26,27). The zero-order chi connectivity index (χ0) is 21.9. The average Bonchev–Trinajstić information content (AvgIpc) is 2.74. The van der Waals surface area contributed by atoms with Crippen LogP contribution in [-0.2, 0) is 11.3 Å². The lowest BCUT2D eigenvalue weighted by atomic mass is 9.85. The van der Waals surface area contributed by atoms with Gasteiger partial charge in [0.2, 0.25) is 5.91 Å². The van der Waals surface area contributed by atoms with Crippen molar-refractivity contribution in [1.82, 2.24) is 10.6 Å². The molecule has 2 aromatic rings. The Morgan fingerprint density at radius 3 is 2.55 bits per heavy atom. The summed E-state index contributed by atoms with van der Waals surface area (Å²) in [7, 11) is 1.64. The van der Waals surface area contributed by atoms with E-state index in [1.54, 1.807) is 7.11 Å². The molecule has 7 heteroatoms. The van der Waals surface area contributed by atoms with Crippen LogP contribution in [0.2, 0.25) is 0 Å². The van der Waals surface area contributed by atoms with Crippen molar-refractivity contribution >= 4 is 17.6 Å². The Morgan fingerprint density at radius 1 is 1.10 bits per heavy atom. The number of anilines is 1. The normalized spacial score (nSPS) is 13.8. The van der Waals surface area contributed by atoms with Gasteiger partial charge in [0.15, 0.2) is 5.96 Å². The third kappa shape index (κ3) is 7.20. The van der Waals surface area contributed by atoms with Crippen molar-refractivity contribution < 1.29 is 14.3 Å². The van der Waals surface area contributed by atoms with Gasteiger partial charge in [-0.25, -0.2) is 4.99 Å². The number of aliphatic imine (C=N–C) groups is 1. The van der Waals surface area contributed by atoms with Gasteiger partial charge in [-0.1, -0.05) is 18.6 Å². The van der Waals surface area contributed by atoms with Gasteiger partial charge < -0.3 is 25.4 Å². The number of rotatable bonds is 10. The van der Waals surface area contributed by atoms with Crippen LogP contribution in [0, 0.1) is 5.92 Å².